The van der Waals surface area contributed by atoms with Crippen LogP contribution in [0.15, 0.2) is 77.9 Å². The number of rotatable bonds is 14. The van der Waals surface area contributed by atoms with Crippen LogP contribution in [0, 0.1) is 5.92 Å². The van der Waals surface area contributed by atoms with Crippen molar-refractivity contribution in [2.24, 2.45) is 5.92 Å². The number of fused-ring (bicyclic) bond motifs is 2. The molecule has 3 aliphatic rings. The molecule has 4 atom stereocenters. The third kappa shape index (κ3) is 6.35. The summed E-state index contributed by atoms with van der Waals surface area (Å²) in [7, 11) is 0. The number of amides is 1. The van der Waals surface area contributed by atoms with E-state index >= 15 is 0 Å². The molecule has 1 amide bonds. The Labute approximate surface area is 292 Å². The Morgan fingerprint density at radius 3 is 2.82 bits per heavy atom. The Bertz CT molecular complexity index is 1980. The lowest BCUT2D eigenvalue weighted by Crippen LogP contribution is -2.51. The molecule has 0 spiro atoms. The average Bonchev–Trinajstić information content (AvgIpc) is 3.72. The molecule has 12 nitrogen and oxygen atoms in total. The van der Waals surface area contributed by atoms with Gasteiger partial charge in [-0.15, -0.1) is 20.9 Å². The van der Waals surface area contributed by atoms with Crippen LogP contribution < -0.4 is 10.1 Å². The third-order valence-corrected chi connectivity index (χ3v) is 10.6. The molecule has 50 heavy (non-hydrogen) atoms. The van der Waals surface area contributed by atoms with Gasteiger partial charge < -0.3 is 19.7 Å². The molecule has 0 saturated carbocycles. The van der Waals surface area contributed by atoms with E-state index in [0.717, 1.165) is 41.6 Å². The van der Waals surface area contributed by atoms with Gasteiger partial charge in [-0.3, -0.25) is 19.4 Å². The molecule has 2 aromatic carbocycles. The number of anilines is 1. The van der Waals surface area contributed by atoms with E-state index in [4.69, 9.17) is 9.47 Å². The molecule has 3 aromatic heterocycles. The van der Waals surface area contributed by atoms with Gasteiger partial charge in [0.2, 0.25) is 5.78 Å². The minimum Gasteiger partial charge on any atom is -0.491 e. The number of hydrogen-bond acceptors (Lipinski definition) is 10. The average molecular weight is 697 g/mol. The largest absolute Gasteiger partial charge is 0.491 e. The maximum absolute atomic E-state index is 14.2. The van der Waals surface area contributed by atoms with Crippen molar-refractivity contribution in [1.29, 1.82) is 0 Å². The number of carbonyl (C=O) groups is 2. The second-order valence-corrected chi connectivity index (χ2v) is 14.0. The number of ketones is 1. The standard InChI is InChI=1S/C36H37FN8O4S/c1-36-16-29-28(15-31(36)45(36)37)32(42-41-29)35(47)40-26-17-39-44(20-26)33(23-6-3-2-4-7-23)25-18-43(19-25)10-11-48-12-13-49-27-9-5-8-24(14-27)34(46)30-21-50-22-38-30/h2-9,14,17,20-22,25,31,33H,10-13,15-16,18-19H2,1H3,(H,40,47)(H,41,42). The molecule has 8 rings (SSSR count). The van der Waals surface area contributed by atoms with Gasteiger partial charge >= 0.3 is 0 Å². The summed E-state index contributed by atoms with van der Waals surface area (Å²) in [5.74, 6) is 0.484. The fourth-order valence-corrected chi connectivity index (χ4v) is 7.73. The van der Waals surface area contributed by atoms with Crippen LogP contribution >= 0.6 is 11.3 Å². The van der Waals surface area contributed by atoms with E-state index in [0.29, 0.717) is 67.0 Å². The second kappa shape index (κ2) is 13.5. The molecular weight excluding hydrogens is 660 g/mol. The lowest BCUT2D eigenvalue weighted by Gasteiger charge is -2.43. The summed E-state index contributed by atoms with van der Waals surface area (Å²) < 4.78 is 27.8. The molecule has 1 aliphatic carbocycles. The minimum atomic E-state index is -0.499. The van der Waals surface area contributed by atoms with Gasteiger partial charge in [0.1, 0.15) is 18.1 Å². The number of aromatic nitrogens is 5. The van der Waals surface area contributed by atoms with E-state index in [9.17, 15) is 14.1 Å². The normalized spacial score (nSPS) is 21.9. The quantitative estimate of drug-likeness (QED) is 0.0742. The van der Waals surface area contributed by atoms with Crippen LogP contribution in [0.3, 0.4) is 0 Å². The summed E-state index contributed by atoms with van der Waals surface area (Å²) in [4.78, 5) is 32.3. The number of aromatic amines is 1. The molecule has 4 unspecified atom stereocenters. The number of likely N-dealkylation sites (tertiary alicyclic amines) is 1. The summed E-state index contributed by atoms with van der Waals surface area (Å²) in [6.07, 6.45) is 4.50. The minimum absolute atomic E-state index is 0.00759. The summed E-state index contributed by atoms with van der Waals surface area (Å²) in [6, 6.07) is 17.2. The van der Waals surface area contributed by atoms with Gasteiger partial charge in [-0.1, -0.05) is 42.5 Å². The van der Waals surface area contributed by atoms with E-state index in [-0.39, 0.29) is 23.8 Å². The second-order valence-electron chi connectivity index (χ2n) is 13.3. The van der Waals surface area contributed by atoms with Crippen molar-refractivity contribution in [3.8, 4) is 5.75 Å². The Morgan fingerprint density at radius 2 is 2.00 bits per heavy atom. The first kappa shape index (κ1) is 32.4. The third-order valence-electron chi connectivity index (χ3n) is 10.0. The van der Waals surface area contributed by atoms with E-state index < -0.39 is 5.54 Å². The van der Waals surface area contributed by atoms with E-state index in [1.807, 2.05) is 42.1 Å². The molecule has 5 aromatic rings. The van der Waals surface area contributed by atoms with Crippen LogP contribution in [-0.4, -0.2) is 97.7 Å². The number of benzene rings is 2. The molecule has 2 saturated heterocycles. The van der Waals surface area contributed by atoms with Crippen LogP contribution in [0.1, 0.15) is 56.3 Å². The highest BCUT2D eigenvalue weighted by molar-refractivity contribution is 7.07. The highest BCUT2D eigenvalue weighted by Crippen LogP contribution is 2.49. The summed E-state index contributed by atoms with van der Waals surface area (Å²) in [5, 5.41) is 17.5. The number of nitrogens with zero attached hydrogens (tertiary/aromatic N) is 6. The summed E-state index contributed by atoms with van der Waals surface area (Å²) in [5.41, 5.74) is 5.78. The number of hydrogen-bond donors (Lipinski definition) is 2. The van der Waals surface area contributed by atoms with Crippen molar-refractivity contribution in [1.82, 2.24) is 35.0 Å². The van der Waals surface area contributed by atoms with Crippen LogP contribution in [-0.2, 0) is 17.6 Å². The molecule has 0 bridgehead atoms. The molecule has 0 radical (unpaired) electrons. The van der Waals surface area contributed by atoms with E-state index in [1.165, 1.54) is 11.3 Å². The number of halogens is 1. The number of nitrogens with one attached hydrogen (secondary N) is 2. The SMILES string of the molecule is CC12Cc3[nH]nc(C(=O)Nc4cnn(C(c5ccccc5)C5CN(CCOCCOc6cccc(C(=O)c7cscn7)c6)C5)c4)c3CC1N2F. The van der Waals surface area contributed by atoms with Crippen molar-refractivity contribution in [3.05, 3.63) is 112 Å². The van der Waals surface area contributed by atoms with Gasteiger partial charge in [-0.25, -0.2) is 4.98 Å². The van der Waals surface area contributed by atoms with Crippen LogP contribution in [0.2, 0.25) is 0 Å². The van der Waals surface area contributed by atoms with E-state index in [2.05, 4.69) is 42.6 Å². The van der Waals surface area contributed by atoms with Crippen molar-refractivity contribution >= 4 is 28.7 Å². The number of ether oxygens (including phenoxy) is 2. The molecule has 5 heterocycles. The van der Waals surface area contributed by atoms with Gasteiger partial charge in [-0.05, 0) is 31.0 Å². The first-order valence-electron chi connectivity index (χ1n) is 16.7. The van der Waals surface area contributed by atoms with Gasteiger partial charge in [0, 0.05) is 60.4 Å². The zero-order valence-corrected chi connectivity index (χ0v) is 28.3. The van der Waals surface area contributed by atoms with Crippen molar-refractivity contribution in [3.63, 3.8) is 0 Å². The fourth-order valence-electron chi connectivity index (χ4n) is 7.20. The molecule has 2 fully saturated rings. The topological polar surface area (TPSA) is 130 Å². The predicted molar refractivity (Wildman–Crippen MR) is 184 cm³/mol. The molecule has 14 heteroatoms. The maximum Gasteiger partial charge on any atom is 0.276 e. The maximum atomic E-state index is 14.2. The number of carbonyl (C=O) groups excluding carboxylic acids is 2. The lowest BCUT2D eigenvalue weighted by atomic mass is 9.87. The summed E-state index contributed by atoms with van der Waals surface area (Å²) >= 11 is 1.39. The number of thiazole rings is 1. The van der Waals surface area contributed by atoms with Crippen molar-refractivity contribution < 1.29 is 23.5 Å². The van der Waals surface area contributed by atoms with Crippen LogP contribution in [0.4, 0.5) is 10.2 Å². The van der Waals surface area contributed by atoms with Gasteiger partial charge in [-0.2, -0.15) is 10.2 Å². The molecule has 258 valence electrons. The Balaban J connectivity index is 0.816. The van der Waals surface area contributed by atoms with Crippen molar-refractivity contribution in [2.75, 3.05) is 44.8 Å². The van der Waals surface area contributed by atoms with Crippen LogP contribution in [0.25, 0.3) is 0 Å². The smallest absolute Gasteiger partial charge is 0.276 e. The predicted octanol–water partition coefficient (Wildman–Crippen LogP) is 4.59. The lowest BCUT2D eigenvalue weighted by molar-refractivity contribution is 0.0253. The van der Waals surface area contributed by atoms with Gasteiger partial charge in [0.25, 0.3) is 5.91 Å². The molecule has 2 aliphatic heterocycles. The van der Waals surface area contributed by atoms with Crippen LogP contribution in [0.5, 0.6) is 5.75 Å². The highest BCUT2D eigenvalue weighted by Gasteiger charge is 2.63. The van der Waals surface area contributed by atoms with Gasteiger partial charge in [0.05, 0.1) is 48.2 Å². The van der Waals surface area contributed by atoms with Gasteiger partial charge in [0.15, 0.2) is 5.69 Å². The Hall–Kier alpha value is -4.76. The summed E-state index contributed by atoms with van der Waals surface area (Å²) in [6.45, 7) is 5.84. The molecular formula is C36H37FN8O4S. The monoisotopic (exact) mass is 696 g/mol. The molecule has 2 N–H and O–H groups in total. The zero-order chi connectivity index (χ0) is 34.2. The zero-order valence-electron chi connectivity index (χ0n) is 27.5. The highest BCUT2D eigenvalue weighted by atomic mass is 32.1. The first-order chi connectivity index (χ1) is 24.4. The first-order valence-corrected chi connectivity index (χ1v) is 17.7. The Kier molecular flexibility index (Phi) is 8.77. The van der Waals surface area contributed by atoms with E-state index in [1.54, 1.807) is 35.3 Å². The number of H-pyrrole nitrogens is 1. The fraction of sp³-hybridized carbons (Fsp3) is 0.361. The van der Waals surface area contributed by atoms with Crippen molar-refractivity contribution in [2.45, 2.75) is 37.4 Å². The Morgan fingerprint density at radius 1 is 1.14 bits per heavy atom.